The zero-order valence-electron chi connectivity index (χ0n) is 13.6. The third-order valence-corrected chi connectivity index (χ3v) is 4.24. The van der Waals surface area contributed by atoms with Gasteiger partial charge < -0.3 is 15.0 Å². The highest BCUT2D eigenvalue weighted by atomic mass is 127. The van der Waals surface area contributed by atoms with Gasteiger partial charge in [0.1, 0.15) is 0 Å². The largest absolute Gasteiger partial charge is 0.469 e. The number of aliphatic imine (C=N–C) groups is 1. The van der Waals surface area contributed by atoms with E-state index in [2.05, 4.69) is 22.1 Å². The summed E-state index contributed by atoms with van der Waals surface area (Å²) < 4.78 is 4.87. The first-order chi connectivity index (χ1) is 10.5. The molecular weight excluding hydrogens is 429 g/mol. The van der Waals surface area contributed by atoms with Crippen LogP contribution in [-0.2, 0) is 16.1 Å². The molecular formula is C16H23ClIN3O2. The highest BCUT2D eigenvalue weighted by Crippen LogP contribution is 2.24. The van der Waals surface area contributed by atoms with E-state index >= 15 is 0 Å². The fourth-order valence-corrected chi connectivity index (χ4v) is 2.84. The average molecular weight is 452 g/mol. The van der Waals surface area contributed by atoms with Gasteiger partial charge in [0.15, 0.2) is 5.96 Å². The molecule has 23 heavy (non-hydrogen) atoms. The molecule has 1 heterocycles. The molecule has 1 aliphatic rings. The van der Waals surface area contributed by atoms with Crippen molar-refractivity contribution in [3.63, 3.8) is 0 Å². The second-order valence-corrected chi connectivity index (χ2v) is 5.98. The van der Waals surface area contributed by atoms with Crippen molar-refractivity contribution >= 4 is 47.5 Å². The first kappa shape index (κ1) is 20.0. The fourth-order valence-electron chi connectivity index (χ4n) is 2.71. The van der Waals surface area contributed by atoms with E-state index in [1.807, 2.05) is 24.3 Å². The van der Waals surface area contributed by atoms with E-state index < -0.39 is 0 Å². The van der Waals surface area contributed by atoms with Crippen LogP contribution in [0.1, 0.15) is 12.5 Å². The number of nitrogens with zero attached hydrogens (tertiary/aromatic N) is 2. The van der Waals surface area contributed by atoms with Crippen LogP contribution in [0.4, 0.5) is 0 Å². The molecule has 0 aliphatic carbocycles. The van der Waals surface area contributed by atoms with Gasteiger partial charge in [-0.05, 0) is 23.6 Å². The molecule has 0 bridgehead atoms. The Morgan fingerprint density at radius 2 is 2.04 bits per heavy atom. The van der Waals surface area contributed by atoms with Gasteiger partial charge in [-0.15, -0.1) is 24.0 Å². The molecule has 0 radical (unpaired) electrons. The third kappa shape index (κ3) is 5.24. The van der Waals surface area contributed by atoms with Crippen molar-refractivity contribution in [2.75, 3.05) is 27.2 Å². The maximum absolute atomic E-state index is 11.8. The van der Waals surface area contributed by atoms with Crippen LogP contribution in [-0.4, -0.2) is 44.1 Å². The molecule has 2 unspecified atom stereocenters. The number of hydrogen-bond donors (Lipinski definition) is 1. The van der Waals surface area contributed by atoms with Crippen molar-refractivity contribution in [1.29, 1.82) is 0 Å². The fraction of sp³-hybridized carbons (Fsp3) is 0.500. The Bertz CT molecular complexity index is 551. The Balaban J connectivity index is 0.00000264. The lowest BCUT2D eigenvalue weighted by Crippen LogP contribution is -2.40. The van der Waals surface area contributed by atoms with E-state index in [0.717, 1.165) is 23.1 Å². The second-order valence-electron chi connectivity index (χ2n) is 5.54. The number of carbonyl (C=O) groups is 1. The minimum atomic E-state index is -0.150. The zero-order chi connectivity index (χ0) is 16.1. The first-order valence-corrected chi connectivity index (χ1v) is 7.70. The van der Waals surface area contributed by atoms with Crippen LogP contribution in [0.5, 0.6) is 0 Å². The highest BCUT2D eigenvalue weighted by molar-refractivity contribution is 14.0. The Morgan fingerprint density at radius 3 is 2.61 bits per heavy atom. The lowest BCUT2D eigenvalue weighted by Gasteiger charge is -2.21. The molecule has 2 rings (SSSR count). The summed E-state index contributed by atoms with van der Waals surface area (Å²) in [6.07, 6.45) is 0. The quantitative estimate of drug-likeness (QED) is 0.332. The number of methoxy groups -OCH3 is 1. The van der Waals surface area contributed by atoms with E-state index in [9.17, 15) is 4.79 Å². The van der Waals surface area contributed by atoms with Crippen molar-refractivity contribution < 1.29 is 9.53 Å². The van der Waals surface area contributed by atoms with Gasteiger partial charge in [-0.2, -0.15) is 0 Å². The molecule has 7 heteroatoms. The molecule has 128 valence electrons. The number of ether oxygens (including phenoxy) is 1. The molecule has 1 aromatic carbocycles. The number of nitrogens with one attached hydrogen (secondary N) is 1. The number of guanidine groups is 1. The van der Waals surface area contributed by atoms with Crippen LogP contribution in [0.3, 0.4) is 0 Å². The minimum Gasteiger partial charge on any atom is -0.469 e. The Hall–Kier alpha value is -1.02. The summed E-state index contributed by atoms with van der Waals surface area (Å²) in [5.41, 5.74) is 1.13. The maximum atomic E-state index is 11.8. The summed E-state index contributed by atoms with van der Waals surface area (Å²) in [6, 6.07) is 7.69. The molecule has 1 aliphatic heterocycles. The summed E-state index contributed by atoms with van der Waals surface area (Å²) in [7, 11) is 3.19. The number of hydrogen-bond acceptors (Lipinski definition) is 3. The normalized spacial score (nSPS) is 20.9. The molecule has 0 aromatic heterocycles. The van der Waals surface area contributed by atoms with Crippen LogP contribution < -0.4 is 5.32 Å². The topological polar surface area (TPSA) is 53.9 Å². The first-order valence-electron chi connectivity index (χ1n) is 7.33. The van der Waals surface area contributed by atoms with Crippen LogP contribution >= 0.6 is 35.6 Å². The Kier molecular flexibility index (Phi) is 8.11. The van der Waals surface area contributed by atoms with Crippen LogP contribution in [0, 0.1) is 11.8 Å². The standard InChI is InChI=1S/C16H22ClN3O2.HI/c1-11-9-20(10-14(11)15(21)22-3)16(18-2)19-8-12-4-6-13(17)7-5-12;/h4-7,11,14H,8-10H2,1-3H3,(H,18,19);1H. The van der Waals surface area contributed by atoms with Crippen molar-refractivity contribution in [2.24, 2.45) is 16.8 Å². The van der Waals surface area contributed by atoms with Crippen molar-refractivity contribution in [1.82, 2.24) is 10.2 Å². The molecule has 1 aromatic rings. The Morgan fingerprint density at radius 1 is 1.39 bits per heavy atom. The smallest absolute Gasteiger partial charge is 0.310 e. The van der Waals surface area contributed by atoms with Gasteiger partial charge >= 0.3 is 5.97 Å². The van der Waals surface area contributed by atoms with E-state index in [1.54, 1.807) is 7.05 Å². The zero-order valence-corrected chi connectivity index (χ0v) is 16.7. The van der Waals surface area contributed by atoms with Crippen LogP contribution in [0.2, 0.25) is 5.02 Å². The van der Waals surface area contributed by atoms with Gasteiger partial charge in [-0.1, -0.05) is 30.7 Å². The van der Waals surface area contributed by atoms with E-state index in [4.69, 9.17) is 16.3 Å². The van der Waals surface area contributed by atoms with Gasteiger partial charge in [0, 0.05) is 31.7 Å². The lowest BCUT2D eigenvalue weighted by atomic mass is 9.99. The van der Waals surface area contributed by atoms with Gasteiger partial charge in [0.25, 0.3) is 0 Å². The Labute approximate surface area is 159 Å². The van der Waals surface area contributed by atoms with Crippen LogP contribution in [0.25, 0.3) is 0 Å². The number of halogens is 2. The number of benzene rings is 1. The summed E-state index contributed by atoms with van der Waals surface area (Å²) in [5.74, 6) is 0.803. The number of carbonyl (C=O) groups excluding carboxylic acids is 1. The van der Waals surface area contributed by atoms with E-state index in [-0.39, 0.29) is 41.8 Å². The van der Waals surface area contributed by atoms with Gasteiger partial charge in [-0.3, -0.25) is 9.79 Å². The molecule has 0 saturated carbocycles. The lowest BCUT2D eigenvalue weighted by molar-refractivity contribution is -0.145. The average Bonchev–Trinajstić information content (AvgIpc) is 2.91. The number of likely N-dealkylation sites (tertiary alicyclic amines) is 1. The van der Waals surface area contributed by atoms with Crippen molar-refractivity contribution in [2.45, 2.75) is 13.5 Å². The van der Waals surface area contributed by atoms with Gasteiger partial charge in [0.2, 0.25) is 0 Å². The number of esters is 1. The van der Waals surface area contributed by atoms with Crippen molar-refractivity contribution in [3.8, 4) is 0 Å². The van der Waals surface area contributed by atoms with Crippen LogP contribution in [0.15, 0.2) is 29.3 Å². The summed E-state index contributed by atoms with van der Waals surface area (Å²) in [5, 5.41) is 4.05. The van der Waals surface area contributed by atoms with E-state index in [0.29, 0.717) is 13.1 Å². The molecule has 0 spiro atoms. The number of rotatable bonds is 3. The predicted molar refractivity (Wildman–Crippen MR) is 103 cm³/mol. The molecule has 0 amide bonds. The molecule has 1 N–H and O–H groups in total. The molecule has 5 nitrogen and oxygen atoms in total. The SMILES string of the molecule is CN=C(NCc1ccc(Cl)cc1)N1CC(C)C(C(=O)OC)C1.I. The highest BCUT2D eigenvalue weighted by Gasteiger charge is 2.36. The van der Waals surface area contributed by atoms with Gasteiger partial charge in [0.05, 0.1) is 13.0 Å². The second kappa shape index (κ2) is 9.32. The molecule has 1 saturated heterocycles. The maximum Gasteiger partial charge on any atom is 0.310 e. The monoisotopic (exact) mass is 451 g/mol. The summed E-state index contributed by atoms with van der Waals surface area (Å²) in [4.78, 5) is 18.2. The van der Waals surface area contributed by atoms with Gasteiger partial charge in [-0.25, -0.2) is 0 Å². The summed E-state index contributed by atoms with van der Waals surface area (Å²) >= 11 is 5.88. The molecule has 2 atom stereocenters. The predicted octanol–water partition coefficient (Wildman–Crippen LogP) is 2.77. The molecule has 1 fully saturated rings. The minimum absolute atomic E-state index is 0. The van der Waals surface area contributed by atoms with Crippen molar-refractivity contribution in [3.05, 3.63) is 34.9 Å². The third-order valence-electron chi connectivity index (χ3n) is 3.99. The van der Waals surface area contributed by atoms with E-state index in [1.165, 1.54) is 7.11 Å². The summed E-state index contributed by atoms with van der Waals surface area (Å²) in [6.45, 7) is 4.15.